The predicted molar refractivity (Wildman–Crippen MR) is 118 cm³/mol. The Morgan fingerprint density at radius 2 is 2.06 bits per heavy atom. The average Bonchev–Trinajstić information content (AvgIpc) is 3.47. The minimum absolute atomic E-state index is 0.0241. The number of fused-ring (bicyclic) bond motifs is 1. The van der Waals surface area contributed by atoms with Crippen LogP contribution in [0.4, 0.5) is 4.79 Å². The molecule has 3 heterocycles. The Hall–Kier alpha value is -3.01. The van der Waals surface area contributed by atoms with Gasteiger partial charge in [-0.05, 0) is 68.5 Å². The molecule has 1 N–H and O–H groups in total. The van der Waals surface area contributed by atoms with Crippen LogP contribution < -0.4 is 0 Å². The van der Waals surface area contributed by atoms with E-state index in [0.717, 1.165) is 43.1 Å². The summed E-state index contributed by atoms with van der Waals surface area (Å²) in [5, 5.41) is 19.8. The van der Waals surface area contributed by atoms with Crippen LogP contribution in [0.3, 0.4) is 0 Å². The van der Waals surface area contributed by atoms with Gasteiger partial charge < -0.3 is 14.6 Å². The lowest BCUT2D eigenvalue weighted by molar-refractivity contribution is -0.136. The summed E-state index contributed by atoms with van der Waals surface area (Å²) in [5.41, 5.74) is 2.95. The fourth-order valence-corrected chi connectivity index (χ4v) is 5.41. The molecule has 2 aliphatic heterocycles. The largest absolute Gasteiger partial charge is 0.465 e. The van der Waals surface area contributed by atoms with Crippen LogP contribution in [0.2, 0.25) is 0 Å². The Bertz CT molecular complexity index is 1040. The number of benzene rings is 1. The second kappa shape index (κ2) is 8.62. The van der Waals surface area contributed by atoms with E-state index in [1.54, 1.807) is 0 Å². The zero-order valence-electron chi connectivity index (χ0n) is 18.3. The number of carbonyl (C=O) groups is 2. The molecule has 1 aromatic carbocycles. The highest BCUT2D eigenvalue weighted by atomic mass is 16.4. The molecule has 7 nitrogen and oxygen atoms in total. The third-order valence-electron chi connectivity index (χ3n) is 6.86. The maximum absolute atomic E-state index is 13.2. The van der Waals surface area contributed by atoms with Gasteiger partial charge in [0.2, 0.25) is 5.91 Å². The normalized spacial score (nSPS) is 23.5. The van der Waals surface area contributed by atoms with E-state index in [4.69, 9.17) is 0 Å². The molecule has 0 bridgehead atoms. The zero-order valence-corrected chi connectivity index (χ0v) is 18.3. The van der Waals surface area contributed by atoms with Crippen molar-refractivity contribution < 1.29 is 14.7 Å². The van der Waals surface area contributed by atoms with Crippen molar-refractivity contribution in [2.75, 3.05) is 13.1 Å². The van der Waals surface area contributed by atoms with E-state index in [2.05, 4.69) is 30.6 Å². The first kappa shape index (κ1) is 21.2. The fraction of sp³-hybridized carbons (Fsp3) is 0.542. The van der Waals surface area contributed by atoms with Crippen LogP contribution in [0, 0.1) is 17.2 Å². The van der Waals surface area contributed by atoms with Gasteiger partial charge in [-0.15, -0.1) is 0 Å². The summed E-state index contributed by atoms with van der Waals surface area (Å²) in [5.74, 6) is 0.396. The molecule has 2 amide bonds. The molecule has 3 atom stereocenters. The highest BCUT2D eigenvalue weighted by molar-refractivity contribution is 5.86. The van der Waals surface area contributed by atoms with Gasteiger partial charge in [0.15, 0.2) is 0 Å². The van der Waals surface area contributed by atoms with Crippen LogP contribution in [0.5, 0.6) is 0 Å². The first-order valence-corrected chi connectivity index (χ1v) is 11.2. The van der Waals surface area contributed by atoms with Crippen molar-refractivity contribution in [2.24, 2.45) is 5.92 Å². The summed E-state index contributed by atoms with van der Waals surface area (Å²) in [4.78, 5) is 28.0. The molecule has 0 spiro atoms. The molecule has 2 fully saturated rings. The first-order valence-electron chi connectivity index (χ1n) is 11.2. The lowest BCUT2D eigenvalue weighted by Crippen LogP contribution is -2.49. The van der Waals surface area contributed by atoms with Crippen LogP contribution in [0.15, 0.2) is 24.3 Å². The van der Waals surface area contributed by atoms with E-state index < -0.39 is 12.1 Å². The molecular weight excluding hydrogens is 392 g/mol. The lowest BCUT2D eigenvalue weighted by atomic mass is 10.0. The monoisotopic (exact) mass is 422 g/mol. The number of aromatic nitrogens is 1. The number of rotatable bonds is 5. The quantitative estimate of drug-likeness (QED) is 0.793. The van der Waals surface area contributed by atoms with Crippen molar-refractivity contribution in [3.63, 3.8) is 0 Å². The third kappa shape index (κ3) is 3.99. The molecule has 4 rings (SSSR count). The molecule has 0 radical (unpaired) electrons. The van der Waals surface area contributed by atoms with Crippen molar-refractivity contribution in [1.82, 2.24) is 14.4 Å². The minimum Gasteiger partial charge on any atom is -0.465 e. The Labute approximate surface area is 182 Å². The Morgan fingerprint density at radius 1 is 1.26 bits per heavy atom. The Kier molecular flexibility index (Phi) is 5.90. The lowest BCUT2D eigenvalue weighted by Gasteiger charge is -2.30. The number of likely N-dealkylation sites (tertiary alicyclic amines) is 2. The van der Waals surface area contributed by atoms with E-state index >= 15 is 0 Å². The Balaban J connectivity index is 1.51. The van der Waals surface area contributed by atoms with Crippen LogP contribution in [-0.2, 0) is 17.8 Å². The van der Waals surface area contributed by atoms with Gasteiger partial charge >= 0.3 is 6.09 Å². The predicted octanol–water partition coefficient (Wildman–Crippen LogP) is 3.84. The van der Waals surface area contributed by atoms with Crippen LogP contribution in [0.25, 0.3) is 10.9 Å². The number of aryl methyl sites for hydroxylation is 2. The second-order valence-electron chi connectivity index (χ2n) is 8.92. The smallest absolute Gasteiger partial charge is 0.407 e. The molecule has 0 saturated carbocycles. The average molecular weight is 423 g/mol. The highest BCUT2D eigenvalue weighted by Crippen LogP contribution is 2.31. The first-order chi connectivity index (χ1) is 14.9. The topological polar surface area (TPSA) is 89.6 Å². The van der Waals surface area contributed by atoms with Gasteiger partial charge in [-0.25, -0.2) is 4.79 Å². The summed E-state index contributed by atoms with van der Waals surface area (Å²) in [6, 6.07) is 9.79. The van der Waals surface area contributed by atoms with E-state index in [1.807, 2.05) is 23.1 Å². The Morgan fingerprint density at radius 3 is 2.77 bits per heavy atom. The third-order valence-corrected chi connectivity index (χ3v) is 6.86. The van der Waals surface area contributed by atoms with Crippen LogP contribution in [0.1, 0.15) is 50.8 Å². The molecule has 2 saturated heterocycles. The van der Waals surface area contributed by atoms with Crippen molar-refractivity contribution in [2.45, 2.75) is 64.6 Å². The van der Waals surface area contributed by atoms with Crippen LogP contribution >= 0.6 is 0 Å². The second-order valence-corrected chi connectivity index (χ2v) is 8.92. The number of amides is 2. The van der Waals surface area contributed by atoms with Gasteiger partial charge in [-0.1, -0.05) is 13.0 Å². The van der Waals surface area contributed by atoms with Gasteiger partial charge in [0.1, 0.15) is 6.04 Å². The number of carboxylic acid groups (broad SMARTS) is 1. The molecule has 164 valence electrons. The molecule has 0 aliphatic carbocycles. The summed E-state index contributed by atoms with van der Waals surface area (Å²) < 4.78 is 2.25. The molecule has 2 aliphatic rings. The molecule has 31 heavy (non-hydrogen) atoms. The SMILES string of the molecule is CCn1c(CCC2CC(C)CN2C(=O)[C@H]2CCCN2C(=O)O)cc2ccc(C#N)cc21. The van der Waals surface area contributed by atoms with Gasteiger partial charge in [-0.3, -0.25) is 9.69 Å². The van der Waals surface area contributed by atoms with E-state index in [-0.39, 0.29) is 11.9 Å². The maximum Gasteiger partial charge on any atom is 0.407 e. The van der Waals surface area contributed by atoms with E-state index in [0.29, 0.717) is 31.0 Å². The standard InChI is InChI=1S/C24H30N4O3/c1-3-26-20(13-18-7-6-17(14-25)12-22(18)26)9-8-19-11-16(2)15-28(19)23(29)21-5-4-10-27(21)24(30)31/h6-7,12-13,16,19,21H,3-5,8-11,15H2,1-2H3,(H,30,31)/t16?,19?,21-/m1/s1. The van der Waals surface area contributed by atoms with E-state index in [1.165, 1.54) is 10.6 Å². The van der Waals surface area contributed by atoms with Gasteiger partial charge in [-0.2, -0.15) is 5.26 Å². The molecule has 7 heteroatoms. The molecule has 2 unspecified atom stereocenters. The number of nitrogens with zero attached hydrogens (tertiary/aromatic N) is 4. The number of nitriles is 1. The molecular formula is C24H30N4O3. The van der Waals surface area contributed by atoms with Gasteiger partial charge in [0, 0.05) is 36.9 Å². The van der Waals surface area contributed by atoms with Crippen molar-refractivity contribution in [3.05, 3.63) is 35.5 Å². The minimum atomic E-state index is -0.996. The zero-order chi connectivity index (χ0) is 22.1. The molecule has 2 aromatic rings. The number of carbonyl (C=O) groups excluding carboxylic acids is 1. The molecule has 1 aromatic heterocycles. The summed E-state index contributed by atoms with van der Waals surface area (Å²) in [7, 11) is 0. The number of hydrogen-bond donors (Lipinski definition) is 1. The maximum atomic E-state index is 13.2. The summed E-state index contributed by atoms with van der Waals surface area (Å²) in [6.45, 7) is 6.25. The van der Waals surface area contributed by atoms with Crippen molar-refractivity contribution in [1.29, 1.82) is 5.26 Å². The van der Waals surface area contributed by atoms with Crippen molar-refractivity contribution >= 4 is 22.9 Å². The fourth-order valence-electron chi connectivity index (χ4n) is 5.41. The summed E-state index contributed by atoms with van der Waals surface area (Å²) >= 11 is 0. The van der Waals surface area contributed by atoms with Crippen molar-refractivity contribution in [3.8, 4) is 6.07 Å². The highest BCUT2D eigenvalue weighted by Gasteiger charge is 2.41. The van der Waals surface area contributed by atoms with E-state index in [9.17, 15) is 20.0 Å². The van der Waals surface area contributed by atoms with Gasteiger partial charge in [0.25, 0.3) is 0 Å². The van der Waals surface area contributed by atoms with Crippen LogP contribution in [-0.4, -0.2) is 56.6 Å². The summed E-state index contributed by atoms with van der Waals surface area (Å²) in [6.07, 6.45) is 3.03. The van der Waals surface area contributed by atoms with Gasteiger partial charge in [0.05, 0.1) is 11.6 Å². The number of hydrogen-bond acceptors (Lipinski definition) is 3.